The van der Waals surface area contributed by atoms with Crippen molar-refractivity contribution in [1.82, 2.24) is 0 Å². The molecule has 0 N–H and O–H groups in total. The smallest absolute Gasteiger partial charge is 0.306 e. The topological polar surface area (TPSA) is 111 Å². The van der Waals surface area contributed by atoms with Gasteiger partial charge in [0, 0.05) is 12.8 Å². The van der Waals surface area contributed by atoms with Gasteiger partial charge in [-0.1, -0.05) is 284 Å². The Morgan fingerprint density at radius 1 is 0.390 bits per heavy atom. The zero-order chi connectivity index (χ0) is 59.8. The summed E-state index contributed by atoms with van der Waals surface area (Å²) in [6, 6.07) is 0. The molecule has 0 bridgehead atoms. The van der Waals surface area contributed by atoms with Crippen LogP contribution in [-0.4, -0.2) is 70.0 Å². The molecule has 0 aliphatic heterocycles. The lowest BCUT2D eigenvalue weighted by Crippen LogP contribution is -2.37. The van der Waals surface area contributed by atoms with Gasteiger partial charge in [-0.15, -0.1) is 0 Å². The maximum Gasteiger partial charge on any atom is 0.306 e. The Kier molecular flexibility index (Phi) is 60.1. The van der Waals surface area contributed by atoms with Crippen molar-refractivity contribution in [2.45, 2.75) is 302 Å². The van der Waals surface area contributed by atoms with E-state index in [4.69, 9.17) is 18.5 Å². The predicted molar refractivity (Wildman–Crippen MR) is 351 cm³/mol. The number of unbranched alkanes of at least 4 members (excludes halogenated alkanes) is 32. The third-order valence-corrected chi connectivity index (χ3v) is 15.6. The van der Waals surface area contributed by atoms with Crippen molar-refractivity contribution in [1.29, 1.82) is 0 Å². The van der Waals surface area contributed by atoms with Gasteiger partial charge in [-0.25, -0.2) is 0 Å². The summed E-state index contributed by atoms with van der Waals surface area (Å²) >= 11 is 0. The minimum atomic E-state index is -4.65. The number of phosphoric acid groups is 1. The van der Waals surface area contributed by atoms with E-state index in [9.17, 15) is 19.0 Å². The van der Waals surface area contributed by atoms with Crippen LogP contribution in [-0.2, 0) is 32.7 Å². The van der Waals surface area contributed by atoms with Gasteiger partial charge in [0.2, 0.25) is 0 Å². The number of phosphoric ester groups is 1. The second-order valence-corrected chi connectivity index (χ2v) is 25.2. The molecule has 0 aromatic rings. The molecule has 0 aliphatic rings. The second-order valence-electron chi connectivity index (χ2n) is 23.8. The summed E-state index contributed by atoms with van der Waals surface area (Å²) in [5, 5.41) is 0. The Hall–Kier alpha value is -3.07. The van der Waals surface area contributed by atoms with E-state index in [0.29, 0.717) is 17.4 Å². The summed E-state index contributed by atoms with van der Waals surface area (Å²) in [6.45, 7) is 4.09. The van der Waals surface area contributed by atoms with Gasteiger partial charge in [-0.3, -0.25) is 14.2 Å². The minimum Gasteiger partial charge on any atom is -0.756 e. The van der Waals surface area contributed by atoms with Gasteiger partial charge < -0.3 is 27.9 Å². The fraction of sp³-hybridized carbons (Fsp3) is 0.750. The number of ether oxygens (including phenoxy) is 2. The summed E-state index contributed by atoms with van der Waals surface area (Å²) in [5.74, 6) is -0.866. The molecule has 0 saturated carbocycles. The Bertz CT molecular complexity index is 1710. The molecule has 82 heavy (non-hydrogen) atoms. The molecule has 474 valence electrons. The van der Waals surface area contributed by atoms with Gasteiger partial charge in [0.25, 0.3) is 7.82 Å². The summed E-state index contributed by atoms with van der Waals surface area (Å²) in [6.07, 6.45) is 86.5. The first-order valence-electron chi connectivity index (χ1n) is 33.9. The number of carbonyl (C=O) groups is 2. The number of likely N-dealkylation sites (N-methyl/N-ethyl adjacent to an activating group) is 1. The van der Waals surface area contributed by atoms with Crippen LogP contribution in [0.2, 0.25) is 0 Å². The second kappa shape index (κ2) is 62.5. The lowest BCUT2D eigenvalue weighted by molar-refractivity contribution is -0.870. The molecule has 0 radical (unpaired) electrons. The standard InChI is InChI=1S/C72H128NO8P/c1-6-8-10-12-14-16-18-20-22-24-26-27-28-29-30-31-32-33-34-35-36-37-38-39-40-41-42-43-44-45-47-48-50-52-54-56-58-60-62-64-71(74)78-68-70(69-80-82(76,77)79-67-66-73(3,4)5)81-72(75)65-63-61-59-57-55-53-51-49-46-25-23-21-19-17-15-13-11-9-7-2/h9,11,15,17-18,20-21,23-24,26,28-29,46,49,53,55,70H,6-8,10,12-14,16,19,22,25,27,30-45,47-48,50-52,54,56-69H2,1-5H3/b11-9-,17-15-,20-18-,23-21-,26-24-,29-28-,49-46-,55-53-. The summed E-state index contributed by atoms with van der Waals surface area (Å²) in [7, 11) is 1.14. The highest BCUT2D eigenvalue weighted by Crippen LogP contribution is 2.38. The first-order valence-corrected chi connectivity index (χ1v) is 35.4. The monoisotopic (exact) mass is 1170 g/mol. The summed E-state index contributed by atoms with van der Waals surface area (Å²) in [5.41, 5.74) is 0. The molecule has 0 fully saturated rings. The first kappa shape index (κ1) is 78.9. The van der Waals surface area contributed by atoms with Crippen molar-refractivity contribution >= 4 is 19.8 Å². The quantitative estimate of drug-likeness (QED) is 0.0195. The van der Waals surface area contributed by atoms with Crippen LogP contribution in [0.15, 0.2) is 97.2 Å². The molecule has 0 saturated heterocycles. The molecule has 2 unspecified atom stereocenters. The Balaban J connectivity index is 3.96. The zero-order valence-electron chi connectivity index (χ0n) is 53.9. The van der Waals surface area contributed by atoms with E-state index in [1.54, 1.807) is 0 Å². The molecule has 9 nitrogen and oxygen atoms in total. The first-order chi connectivity index (χ1) is 40.0. The molecule has 0 rings (SSSR count). The number of esters is 2. The Labute approximate surface area is 506 Å². The van der Waals surface area contributed by atoms with Gasteiger partial charge in [0.05, 0.1) is 27.7 Å². The summed E-state index contributed by atoms with van der Waals surface area (Å²) in [4.78, 5) is 37.9. The molecule has 0 amide bonds. The number of allylic oxidation sites excluding steroid dienone is 16. The normalized spacial score (nSPS) is 13.8. The number of hydrogen-bond acceptors (Lipinski definition) is 8. The van der Waals surface area contributed by atoms with Crippen molar-refractivity contribution < 1.29 is 42.1 Å². The van der Waals surface area contributed by atoms with Crippen LogP contribution in [0.25, 0.3) is 0 Å². The van der Waals surface area contributed by atoms with E-state index < -0.39 is 26.5 Å². The predicted octanol–water partition coefficient (Wildman–Crippen LogP) is 21.3. The van der Waals surface area contributed by atoms with Crippen molar-refractivity contribution in [3.8, 4) is 0 Å². The Morgan fingerprint density at radius 2 is 0.695 bits per heavy atom. The van der Waals surface area contributed by atoms with Crippen molar-refractivity contribution in [2.24, 2.45) is 0 Å². The molecular weight excluding hydrogens is 1040 g/mol. The molecule has 2 atom stereocenters. The molecule has 0 aliphatic carbocycles. The van der Waals surface area contributed by atoms with Crippen LogP contribution in [0.5, 0.6) is 0 Å². The van der Waals surface area contributed by atoms with Gasteiger partial charge in [-0.05, 0) is 96.3 Å². The van der Waals surface area contributed by atoms with Crippen LogP contribution >= 0.6 is 7.82 Å². The molecule has 0 spiro atoms. The third kappa shape index (κ3) is 66.1. The van der Waals surface area contributed by atoms with Crippen molar-refractivity contribution in [2.75, 3.05) is 47.5 Å². The van der Waals surface area contributed by atoms with Crippen LogP contribution in [0, 0.1) is 0 Å². The van der Waals surface area contributed by atoms with Crippen molar-refractivity contribution in [3.05, 3.63) is 97.2 Å². The molecule has 0 heterocycles. The lowest BCUT2D eigenvalue weighted by atomic mass is 10.0. The number of rotatable bonds is 62. The van der Waals surface area contributed by atoms with E-state index in [1.807, 2.05) is 21.1 Å². The van der Waals surface area contributed by atoms with E-state index >= 15 is 0 Å². The maximum atomic E-state index is 12.8. The van der Waals surface area contributed by atoms with E-state index in [1.165, 1.54) is 180 Å². The minimum absolute atomic E-state index is 0.0405. The molecule has 0 aromatic carbocycles. The van der Waals surface area contributed by atoms with Gasteiger partial charge in [0.1, 0.15) is 19.8 Å². The highest BCUT2D eigenvalue weighted by atomic mass is 31.2. The van der Waals surface area contributed by atoms with Gasteiger partial charge in [0.15, 0.2) is 6.10 Å². The average molecular weight is 1170 g/mol. The van der Waals surface area contributed by atoms with E-state index in [-0.39, 0.29) is 32.0 Å². The highest BCUT2D eigenvalue weighted by Gasteiger charge is 2.22. The summed E-state index contributed by atoms with van der Waals surface area (Å²) < 4.78 is 34.2. The Morgan fingerprint density at radius 3 is 1.05 bits per heavy atom. The van der Waals surface area contributed by atoms with Crippen molar-refractivity contribution in [3.63, 3.8) is 0 Å². The maximum absolute atomic E-state index is 12.8. The largest absolute Gasteiger partial charge is 0.756 e. The highest BCUT2D eigenvalue weighted by molar-refractivity contribution is 7.45. The van der Waals surface area contributed by atoms with Crippen LogP contribution < -0.4 is 4.89 Å². The molecule has 10 heteroatoms. The zero-order valence-corrected chi connectivity index (χ0v) is 54.8. The average Bonchev–Trinajstić information content (AvgIpc) is 3.46. The number of carbonyl (C=O) groups excluding carboxylic acids is 2. The van der Waals surface area contributed by atoms with E-state index in [0.717, 1.165) is 83.5 Å². The number of quaternary nitrogens is 1. The number of hydrogen-bond donors (Lipinski definition) is 0. The third-order valence-electron chi connectivity index (χ3n) is 14.6. The fourth-order valence-electron chi connectivity index (χ4n) is 9.40. The van der Waals surface area contributed by atoms with Gasteiger partial charge >= 0.3 is 11.9 Å². The molecule has 0 aromatic heterocycles. The molecular formula is C72H128NO8P. The van der Waals surface area contributed by atoms with Crippen LogP contribution in [0.3, 0.4) is 0 Å². The number of nitrogens with zero attached hydrogens (tertiary/aromatic N) is 1. The van der Waals surface area contributed by atoms with Gasteiger partial charge in [-0.2, -0.15) is 0 Å². The van der Waals surface area contributed by atoms with Crippen LogP contribution in [0.1, 0.15) is 296 Å². The lowest BCUT2D eigenvalue weighted by Gasteiger charge is -2.28. The van der Waals surface area contributed by atoms with E-state index in [2.05, 4.69) is 111 Å². The SMILES string of the molecule is CC/C=C\C/C=C\C/C=C\C/C=C\C/C=C\CCCCCC(=O)OC(COC(=O)CCCCCCCCCCCCCCCCCCCCCCCCCC/C=C\C/C=C\C/C=C\CCCCCCC)COP(=O)([O-])OCC[N+](C)(C)C. The fourth-order valence-corrected chi connectivity index (χ4v) is 10.1. The van der Waals surface area contributed by atoms with Crippen LogP contribution in [0.4, 0.5) is 0 Å².